The third kappa shape index (κ3) is 2.37. The lowest BCUT2D eigenvalue weighted by atomic mass is 10.2. The summed E-state index contributed by atoms with van der Waals surface area (Å²) in [6.07, 6.45) is 6.05. The molecule has 0 amide bonds. The van der Waals surface area contributed by atoms with Gasteiger partial charge in [-0.05, 0) is 30.5 Å². The van der Waals surface area contributed by atoms with Crippen molar-refractivity contribution >= 4 is 11.8 Å². The molecule has 2 fully saturated rings. The maximum Gasteiger partial charge on any atom is 0.106 e. The molecular weight excluding hydrogens is 204 g/mol. The molecule has 1 aliphatic carbocycles. The maximum absolute atomic E-state index is 5.26. The van der Waals surface area contributed by atoms with Crippen LogP contribution in [0.15, 0.2) is 29.2 Å². The third-order valence-corrected chi connectivity index (χ3v) is 4.54. The van der Waals surface area contributed by atoms with Crippen LogP contribution in [0, 0.1) is 0 Å². The van der Waals surface area contributed by atoms with Gasteiger partial charge in [-0.1, -0.05) is 25.0 Å². The molecule has 0 aromatic heterocycles. The van der Waals surface area contributed by atoms with Crippen LogP contribution in [0.2, 0.25) is 0 Å². The highest BCUT2D eigenvalue weighted by molar-refractivity contribution is 8.00. The molecule has 1 aromatic rings. The highest BCUT2D eigenvalue weighted by Crippen LogP contribution is 2.36. The molecule has 80 valence electrons. The zero-order chi connectivity index (χ0) is 10.1. The number of hydrogen-bond donors (Lipinski definition) is 0. The van der Waals surface area contributed by atoms with Gasteiger partial charge >= 0.3 is 0 Å². The third-order valence-electron chi connectivity index (χ3n) is 3.19. The Hall–Kier alpha value is -0.470. The van der Waals surface area contributed by atoms with Crippen molar-refractivity contribution in [1.82, 2.24) is 0 Å². The van der Waals surface area contributed by atoms with E-state index >= 15 is 0 Å². The molecule has 2 heteroatoms. The SMILES string of the molecule is c1cc(C2CO2)ccc1SC1CCCC1. The lowest BCUT2D eigenvalue weighted by molar-refractivity contribution is 0.415. The quantitative estimate of drug-likeness (QED) is 0.719. The van der Waals surface area contributed by atoms with Gasteiger partial charge in [-0.25, -0.2) is 0 Å². The Balaban J connectivity index is 1.64. The highest BCUT2D eigenvalue weighted by atomic mass is 32.2. The summed E-state index contributed by atoms with van der Waals surface area (Å²) in [7, 11) is 0. The van der Waals surface area contributed by atoms with E-state index in [-0.39, 0.29) is 0 Å². The van der Waals surface area contributed by atoms with Crippen molar-refractivity contribution in [3.05, 3.63) is 29.8 Å². The monoisotopic (exact) mass is 220 g/mol. The molecule has 2 aliphatic rings. The molecule has 0 bridgehead atoms. The molecule has 1 atom stereocenters. The van der Waals surface area contributed by atoms with Gasteiger partial charge in [-0.15, -0.1) is 11.8 Å². The second-order valence-corrected chi connectivity index (χ2v) is 5.79. The number of epoxide rings is 1. The van der Waals surface area contributed by atoms with Crippen molar-refractivity contribution in [2.24, 2.45) is 0 Å². The second kappa shape index (κ2) is 4.18. The minimum atomic E-state index is 0.399. The van der Waals surface area contributed by atoms with Crippen molar-refractivity contribution in [3.63, 3.8) is 0 Å². The number of ether oxygens (including phenoxy) is 1. The standard InChI is InChI=1S/C13H16OS/c1-2-4-11(3-1)15-12-7-5-10(6-8-12)13-9-14-13/h5-8,11,13H,1-4,9H2. The Morgan fingerprint density at radius 2 is 1.73 bits per heavy atom. The molecule has 1 nitrogen and oxygen atoms in total. The first kappa shape index (κ1) is 9.73. The van der Waals surface area contributed by atoms with Crippen molar-refractivity contribution in [2.45, 2.75) is 41.9 Å². The first-order chi connectivity index (χ1) is 7.42. The Bertz CT molecular complexity index is 323. The van der Waals surface area contributed by atoms with Crippen LogP contribution in [0.5, 0.6) is 0 Å². The molecule has 1 heterocycles. The molecule has 1 saturated carbocycles. The number of benzene rings is 1. The molecule has 1 unspecified atom stereocenters. The number of rotatable bonds is 3. The van der Waals surface area contributed by atoms with Crippen molar-refractivity contribution in [2.75, 3.05) is 6.61 Å². The van der Waals surface area contributed by atoms with Crippen LogP contribution in [0.4, 0.5) is 0 Å². The van der Waals surface area contributed by atoms with E-state index in [4.69, 9.17) is 4.74 Å². The molecule has 0 radical (unpaired) electrons. The topological polar surface area (TPSA) is 12.5 Å². The van der Waals surface area contributed by atoms with Crippen molar-refractivity contribution < 1.29 is 4.74 Å². The van der Waals surface area contributed by atoms with E-state index in [0.717, 1.165) is 11.9 Å². The summed E-state index contributed by atoms with van der Waals surface area (Å²) in [6.45, 7) is 0.912. The van der Waals surface area contributed by atoms with Gasteiger partial charge in [-0.3, -0.25) is 0 Å². The molecule has 15 heavy (non-hydrogen) atoms. The predicted octanol–water partition coefficient (Wildman–Crippen LogP) is 3.79. The largest absolute Gasteiger partial charge is 0.368 e. The number of thioether (sulfide) groups is 1. The fraction of sp³-hybridized carbons (Fsp3) is 0.538. The number of hydrogen-bond acceptors (Lipinski definition) is 2. The maximum atomic E-state index is 5.26. The molecule has 0 N–H and O–H groups in total. The van der Waals surface area contributed by atoms with E-state index in [1.165, 1.54) is 36.1 Å². The van der Waals surface area contributed by atoms with E-state index in [0.29, 0.717) is 6.10 Å². The molecule has 1 saturated heterocycles. The predicted molar refractivity (Wildman–Crippen MR) is 63.2 cm³/mol. The first-order valence-electron chi connectivity index (χ1n) is 5.80. The van der Waals surface area contributed by atoms with Gasteiger partial charge in [0, 0.05) is 10.1 Å². The zero-order valence-electron chi connectivity index (χ0n) is 8.82. The van der Waals surface area contributed by atoms with Gasteiger partial charge in [0.05, 0.1) is 6.61 Å². The Morgan fingerprint density at radius 1 is 1.07 bits per heavy atom. The van der Waals surface area contributed by atoms with Crippen LogP contribution in [-0.2, 0) is 4.74 Å². The van der Waals surface area contributed by atoms with Crippen LogP contribution in [0.25, 0.3) is 0 Å². The summed E-state index contributed by atoms with van der Waals surface area (Å²) < 4.78 is 5.26. The van der Waals surface area contributed by atoms with Gasteiger partial charge in [0.25, 0.3) is 0 Å². The minimum absolute atomic E-state index is 0.399. The second-order valence-electron chi connectivity index (χ2n) is 4.42. The molecule has 3 rings (SSSR count). The van der Waals surface area contributed by atoms with Crippen LogP contribution in [0.3, 0.4) is 0 Å². The summed E-state index contributed by atoms with van der Waals surface area (Å²) in [5.41, 5.74) is 1.34. The van der Waals surface area contributed by atoms with E-state index in [1.54, 1.807) is 0 Å². The summed E-state index contributed by atoms with van der Waals surface area (Å²) in [4.78, 5) is 1.42. The van der Waals surface area contributed by atoms with E-state index in [2.05, 4.69) is 36.0 Å². The molecule has 0 spiro atoms. The Morgan fingerprint density at radius 3 is 2.33 bits per heavy atom. The van der Waals surface area contributed by atoms with Crippen molar-refractivity contribution in [3.8, 4) is 0 Å². The van der Waals surface area contributed by atoms with Gasteiger partial charge in [-0.2, -0.15) is 0 Å². The van der Waals surface area contributed by atoms with E-state index < -0.39 is 0 Å². The molecule has 1 aromatic carbocycles. The fourth-order valence-corrected chi connectivity index (χ4v) is 3.45. The van der Waals surface area contributed by atoms with E-state index in [1.807, 2.05) is 0 Å². The Labute approximate surface area is 95.2 Å². The van der Waals surface area contributed by atoms with Crippen LogP contribution in [-0.4, -0.2) is 11.9 Å². The van der Waals surface area contributed by atoms with Gasteiger partial charge in [0.2, 0.25) is 0 Å². The van der Waals surface area contributed by atoms with E-state index in [9.17, 15) is 0 Å². The summed E-state index contributed by atoms with van der Waals surface area (Å²) >= 11 is 2.05. The van der Waals surface area contributed by atoms with Crippen LogP contribution >= 0.6 is 11.8 Å². The lowest BCUT2D eigenvalue weighted by Gasteiger charge is -2.08. The normalized spacial score (nSPS) is 25.7. The highest BCUT2D eigenvalue weighted by Gasteiger charge is 2.24. The van der Waals surface area contributed by atoms with Gasteiger partial charge < -0.3 is 4.74 Å². The first-order valence-corrected chi connectivity index (χ1v) is 6.68. The fourth-order valence-electron chi connectivity index (χ4n) is 2.20. The van der Waals surface area contributed by atoms with Gasteiger partial charge in [0.1, 0.15) is 6.10 Å². The summed E-state index contributed by atoms with van der Waals surface area (Å²) in [6, 6.07) is 8.93. The summed E-state index contributed by atoms with van der Waals surface area (Å²) in [5, 5.41) is 0.869. The zero-order valence-corrected chi connectivity index (χ0v) is 9.63. The minimum Gasteiger partial charge on any atom is -0.368 e. The van der Waals surface area contributed by atoms with Gasteiger partial charge in [0.15, 0.2) is 0 Å². The molecule has 1 aliphatic heterocycles. The molecular formula is C13H16OS. The smallest absolute Gasteiger partial charge is 0.106 e. The summed E-state index contributed by atoms with van der Waals surface area (Å²) in [5.74, 6) is 0. The van der Waals surface area contributed by atoms with Crippen LogP contribution in [0.1, 0.15) is 37.4 Å². The average molecular weight is 220 g/mol. The van der Waals surface area contributed by atoms with Crippen molar-refractivity contribution in [1.29, 1.82) is 0 Å². The Kier molecular flexibility index (Phi) is 2.72. The average Bonchev–Trinajstić information content (AvgIpc) is 2.99. The van der Waals surface area contributed by atoms with Crippen LogP contribution < -0.4 is 0 Å². The lowest BCUT2D eigenvalue weighted by Crippen LogP contribution is -1.92.